The monoisotopic (exact) mass is 421 g/mol. The number of hydrogen-bond donors (Lipinski definition) is 1. The molecule has 1 N–H and O–H groups in total. The van der Waals surface area contributed by atoms with Crippen LogP contribution in [0.25, 0.3) is 11.3 Å². The Labute approximate surface area is 179 Å². The van der Waals surface area contributed by atoms with Crippen LogP contribution in [0.5, 0.6) is 23.0 Å². The molecule has 2 aromatic carbocycles. The lowest BCUT2D eigenvalue weighted by Crippen LogP contribution is -2.40. The van der Waals surface area contributed by atoms with Crippen molar-refractivity contribution in [2.24, 2.45) is 7.05 Å². The molecule has 0 saturated carbocycles. The van der Waals surface area contributed by atoms with Crippen molar-refractivity contribution in [1.82, 2.24) is 15.1 Å². The first-order valence-corrected chi connectivity index (χ1v) is 10.3. The molecule has 1 atom stereocenters. The van der Waals surface area contributed by atoms with Gasteiger partial charge in [0.2, 0.25) is 0 Å². The van der Waals surface area contributed by atoms with Crippen LogP contribution in [0.1, 0.15) is 16.8 Å². The number of benzene rings is 2. The fraction of sp³-hybridized carbons (Fsp3) is 0.304. The normalized spacial score (nSPS) is 17.0. The van der Waals surface area contributed by atoms with Gasteiger partial charge in [-0.2, -0.15) is 5.10 Å². The fourth-order valence-electron chi connectivity index (χ4n) is 3.64. The molecular formula is C23H23N3O5. The van der Waals surface area contributed by atoms with Gasteiger partial charge in [0.15, 0.2) is 23.0 Å². The molecule has 0 saturated heterocycles. The van der Waals surface area contributed by atoms with Crippen molar-refractivity contribution in [3.8, 4) is 34.3 Å². The van der Waals surface area contributed by atoms with Gasteiger partial charge in [-0.05, 0) is 30.3 Å². The fourth-order valence-corrected chi connectivity index (χ4v) is 3.64. The Morgan fingerprint density at radius 1 is 1.06 bits per heavy atom. The number of fused-ring (bicyclic) bond motifs is 2. The van der Waals surface area contributed by atoms with E-state index in [9.17, 15) is 4.79 Å². The van der Waals surface area contributed by atoms with Gasteiger partial charge in [0.05, 0.1) is 25.3 Å². The molecule has 0 bridgehead atoms. The quantitative estimate of drug-likeness (QED) is 0.698. The Hall–Kier alpha value is -3.68. The predicted molar refractivity (Wildman–Crippen MR) is 113 cm³/mol. The predicted octanol–water partition coefficient (Wildman–Crippen LogP) is 2.82. The van der Waals surface area contributed by atoms with Gasteiger partial charge >= 0.3 is 0 Å². The van der Waals surface area contributed by atoms with E-state index in [4.69, 9.17) is 18.9 Å². The molecule has 2 aliphatic rings. The average molecular weight is 421 g/mol. The van der Waals surface area contributed by atoms with Crippen LogP contribution in [-0.4, -0.2) is 48.2 Å². The van der Waals surface area contributed by atoms with Gasteiger partial charge in [-0.1, -0.05) is 12.1 Å². The number of aryl methyl sites for hydroxylation is 1. The summed E-state index contributed by atoms with van der Waals surface area (Å²) >= 11 is 0. The van der Waals surface area contributed by atoms with Gasteiger partial charge < -0.3 is 24.3 Å². The van der Waals surface area contributed by atoms with E-state index in [2.05, 4.69) is 10.4 Å². The lowest BCUT2D eigenvalue weighted by molar-refractivity contribution is 0.0789. The average Bonchev–Trinajstić information content (AvgIpc) is 3.03. The number of rotatable bonds is 4. The molecule has 0 radical (unpaired) electrons. The summed E-state index contributed by atoms with van der Waals surface area (Å²) in [5, 5.41) is 7.44. The molecule has 1 amide bonds. The van der Waals surface area contributed by atoms with Gasteiger partial charge in [0.25, 0.3) is 5.91 Å². The van der Waals surface area contributed by atoms with E-state index in [-0.39, 0.29) is 12.0 Å². The van der Waals surface area contributed by atoms with Crippen molar-refractivity contribution in [2.75, 3.05) is 26.4 Å². The third kappa shape index (κ3) is 4.01. The molecule has 0 unspecified atom stereocenters. The Morgan fingerprint density at radius 2 is 1.84 bits per heavy atom. The molecule has 8 heteroatoms. The minimum absolute atomic E-state index is 0.224. The summed E-state index contributed by atoms with van der Waals surface area (Å²) in [6.07, 6.45) is 2.27. The molecule has 3 heterocycles. The molecular weight excluding hydrogens is 398 g/mol. The summed E-state index contributed by atoms with van der Waals surface area (Å²) in [4.78, 5) is 13.0. The zero-order valence-electron chi connectivity index (χ0n) is 17.2. The van der Waals surface area contributed by atoms with E-state index in [1.165, 1.54) is 0 Å². The first-order valence-electron chi connectivity index (χ1n) is 10.3. The Morgan fingerprint density at radius 3 is 2.71 bits per heavy atom. The maximum atomic E-state index is 13.0. The highest BCUT2D eigenvalue weighted by Crippen LogP contribution is 2.35. The third-order valence-corrected chi connectivity index (χ3v) is 5.15. The number of nitrogens with zero attached hydrogens (tertiary/aromatic N) is 2. The molecule has 5 rings (SSSR count). The molecule has 3 aromatic rings. The Kier molecular flexibility index (Phi) is 5.11. The SMILES string of the molecule is Cn1cc(C(=O)NC[C@@H]2COc3ccccc3O2)c(-c2ccc3c(c2)OCCCO3)n1. The van der Waals surface area contributed by atoms with Crippen molar-refractivity contribution in [2.45, 2.75) is 12.5 Å². The smallest absolute Gasteiger partial charge is 0.255 e. The van der Waals surface area contributed by atoms with Crippen molar-refractivity contribution in [3.05, 3.63) is 54.2 Å². The molecule has 0 fully saturated rings. The van der Waals surface area contributed by atoms with Gasteiger partial charge in [0, 0.05) is 25.2 Å². The number of amides is 1. The summed E-state index contributed by atoms with van der Waals surface area (Å²) < 4.78 is 24.7. The second-order valence-electron chi connectivity index (χ2n) is 7.48. The van der Waals surface area contributed by atoms with Crippen LogP contribution < -0.4 is 24.3 Å². The van der Waals surface area contributed by atoms with Crippen molar-refractivity contribution >= 4 is 5.91 Å². The van der Waals surface area contributed by atoms with Crippen LogP contribution in [0, 0.1) is 0 Å². The van der Waals surface area contributed by atoms with Crippen LogP contribution in [0.15, 0.2) is 48.7 Å². The lowest BCUT2D eigenvalue weighted by atomic mass is 10.1. The Balaban J connectivity index is 1.31. The van der Waals surface area contributed by atoms with E-state index in [1.807, 2.05) is 42.5 Å². The van der Waals surface area contributed by atoms with Crippen LogP contribution >= 0.6 is 0 Å². The number of ether oxygens (including phenoxy) is 4. The van der Waals surface area contributed by atoms with Crippen LogP contribution in [0.3, 0.4) is 0 Å². The maximum absolute atomic E-state index is 13.0. The number of nitrogens with one attached hydrogen (secondary N) is 1. The minimum Gasteiger partial charge on any atom is -0.490 e. The van der Waals surface area contributed by atoms with Gasteiger partial charge in [0.1, 0.15) is 18.4 Å². The summed E-state index contributed by atoms with van der Waals surface area (Å²) in [5.74, 6) is 2.55. The second kappa shape index (κ2) is 8.22. The zero-order valence-corrected chi connectivity index (χ0v) is 17.2. The van der Waals surface area contributed by atoms with Crippen molar-refractivity contribution in [3.63, 3.8) is 0 Å². The summed E-state index contributed by atoms with van der Waals surface area (Å²) in [6.45, 7) is 1.92. The number of carbonyl (C=O) groups excluding carboxylic acids is 1. The van der Waals surface area contributed by atoms with E-state index in [0.29, 0.717) is 60.6 Å². The minimum atomic E-state index is -0.267. The molecule has 0 spiro atoms. The number of para-hydroxylation sites is 2. The largest absolute Gasteiger partial charge is 0.490 e. The van der Waals surface area contributed by atoms with E-state index in [1.54, 1.807) is 17.9 Å². The number of hydrogen-bond acceptors (Lipinski definition) is 6. The Bertz CT molecular complexity index is 1110. The second-order valence-corrected chi connectivity index (χ2v) is 7.48. The maximum Gasteiger partial charge on any atom is 0.255 e. The zero-order chi connectivity index (χ0) is 21.2. The number of aromatic nitrogens is 2. The molecule has 0 aliphatic carbocycles. The lowest BCUT2D eigenvalue weighted by Gasteiger charge is -2.26. The van der Waals surface area contributed by atoms with Crippen molar-refractivity contribution in [1.29, 1.82) is 0 Å². The van der Waals surface area contributed by atoms with Crippen LogP contribution in [0.4, 0.5) is 0 Å². The summed E-state index contributed by atoms with van der Waals surface area (Å²) in [7, 11) is 1.79. The number of carbonyl (C=O) groups is 1. The molecule has 8 nitrogen and oxygen atoms in total. The highest BCUT2D eigenvalue weighted by atomic mass is 16.6. The van der Waals surface area contributed by atoms with Crippen molar-refractivity contribution < 1.29 is 23.7 Å². The molecule has 1 aromatic heterocycles. The first-order chi connectivity index (χ1) is 15.2. The summed E-state index contributed by atoms with van der Waals surface area (Å²) in [6, 6.07) is 13.1. The molecule has 2 aliphatic heterocycles. The van der Waals surface area contributed by atoms with Crippen LogP contribution in [0.2, 0.25) is 0 Å². The van der Waals surface area contributed by atoms with Gasteiger partial charge in [-0.3, -0.25) is 9.48 Å². The van der Waals surface area contributed by atoms with E-state index >= 15 is 0 Å². The highest BCUT2D eigenvalue weighted by molar-refractivity contribution is 6.00. The summed E-state index contributed by atoms with van der Waals surface area (Å²) in [5.41, 5.74) is 1.86. The first kappa shape index (κ1) is 19.3. The van der Waals surface area contributed by atoms with Crippen LogP contribution in [-0.2, 0) is 7.05 Å². The van der Waals surface area contributed by atoms with E-state index < -0.39 is 0 Å². The molecule has 160 valence electrons. The standard InChI is InChI=1S/C23H23N3O5/c1-26-13-17(22(25-26)15-7-8-19-21(11-15)29-10-4-9-28-19)23(27)24-12-16-14-30-18-5-2-3-6-20(18)31-16/h2-3,5-8,11,13,16H,4,9-10,12,14H2,1H3,(H,24,27)/t16-/m1/s1. The highest BCUT2D eigenvalue weighted by Gasteiger charge is 2.24. The van der Waals surface area contributed by atoms with E-state index in [0.717, 1.165) is 12.0 Å². The third-order valence-electron chi connectivity index (χ3n) is 5.15. The topological polar surface area (TPSA) is 83.8 Å². The van der Waals surface area contributed by atoms with Gasteiger partial charge in [-0.25, -0.2) is 0 Å². The molecule has 31 heavy (non-hydrogen) atoms. The van der Waals surface area contributed by atoms with Gasteiger partial charge in [-0.15, -0.1) is 0 Å².